The molecule has 0 aliphatic heterocycles. The van der Waals surface area contributed by atoms with Gasteiger partial charge in [-0.05, 0) is 54.9 Å². The van der Waals surface area contributed by atoms with Gasteiger partial charge in [-0.2, -0.15) is 0 Å². The highest BCUT2D eigenvalue weighted by Gasteiger charge is 2.20. The summed E-state index contributed by atoms with van der Waals surface area (Å²) in [6.07, 6.45) is 5.25. The Hall–Kier alpha value is -1.04. The molecule has 0 nitrogen and oxygen atoms in total. The van der Waals surface area contributed by atoms with Gasteiger partial charge in [0.15, 0.2) is 0 Å². The molecule has 20 heavy (non-hydrogen) atoms. The molecule has 1 aromatic carbocycles. The van der Waals surface area contributed by atoms with E-state index in [9.17, 15) is 0 Å². The van der Waals surface area contributed by atoms with Crippen LogP contribution in [0.3, 0.4) is 0 Å². The van der Waals surface area contributed by atoms with E-state index in [0.717, 1.165) is 5.92 Å². The van der Waals surface area contributed by atoms with Crippen LogP contribution in [-0.4, -0.2) is 0 Å². The number of aryl methyl sites for hydroxylation is 2. The average molecular weight is 272 g/mol. The lowest BCUT2D eigenvalue weighted by Crippen LogP contribution is -2.12. The van der Waals surface area contributed by atoms with E-state index in [1.54, 1.807) is 0 Å². The fourth-order valence-corrected chi connectivity index (χ4v) is 3.46. The van der Waals surface area contributed by atoms with Crippen LogP contribution in [0.25, 0.3) is 5.57 Å². The normalized spacial score (nSPS) is 12.8. The zero-order chi connectivity index (χ0) is 15.3. The highest BCUT2D eigenvalue weighted by atomic mass is 14.2. The summed E-state index contributed by atoms with van der Waals surface area (Å²) in [5.41, 5.74) is 6.84. The molecule has 0 aromatic heterocycles. The summed E-state index contributed by atoms with van der Waals surface area (Å²) >= 11 is 0. The minimum absolute atomic E-state index is 0.647. The van der Waals surface area contributed by atoms with Crippen LogP contribution in [0, 0.1) is 19.8 Å². The van der Waals surface area contributed by atoms with Crippen LogP contribution < -0.4 is 0 Å². The van der Waals surface area contributed by atoms with Crippen molar-refractivity contribution in [3.63, 3.8) is 0 Å². The second kappa shape index (κ2) is 7.67. The Balaban J connectivity index is 3.16. The molecule has 1 rings (SSSR count). The number of benzene rings is 1. The maximum atomic E-state index is 4.13. The summed E-state index contributed by atoms with van der Waals surface area (Å²) in [5.74, 6) is 1.46. The van der Waals surface area contributed by atoms with Crippen LogP contribution in [-0.2, 0) is 0 Å². The lowest BCUT2D eigenvalue weighted by Gasteiger charge is -2.26. The molecule has 0 N–H and O–H groups in total. The molecule has 0 amide bonds. The second-order valence-corrected chi connectivity index (χ2v) is 6.43. The smallest absolute Gasteiger partial charge is 0.0159 e. The molecule has 0 fully saturated rings. The van der Waals surface area contributed by atoms with Crippen LogP contribution in [0.5, 0.6) is 0 Å². The molecule has 0 saturated heterocycles. The summed E-state index contributed by atoms with van der Waals surface area (Å²) in [6.45, 7) is 17.7. The Morgan fingerprint density at radius 3 is 2.05 bits per heavy atom. The number of allylic oxidation sites excluding steroid dienone is 1. The van der Waals surface area contributed by atoms with Gasteiger partial charge in [-0.1, -0.05) is 70.7 Å². The van der Waals surface area contributed by atoms with Crippen LogP contribution in [0.4, 0.5) is 0 Å². The van der Waals surface area contributed by atoms with Crippen molar-refractivity contribution < 1.29 is 0 Å². The first-order valence-electron chi connectivity index (χ1n) is 8.19. The van der Waals surface area contributed by atoms with E-state index in [1.165, 1.54) is 53.5 Å². The molecule has 0 saturated carbocycles. The maximum absolute atomic E-state index is 4.13. The Kier molecular flexibility index (Phi) is 6.52. The Morgan fingerprint density at radius 1 is 1.05 bits per heavy atom. The fraction of sp³-hybridized carbons (Fsp3) is 0.600. The molecule has 0 radical (unpaired) electrons. The van der Waals surface area contributed by atoms with Gasteiger partial charge in [0.2, 0.25) is 0 Å². The molecule has 0 spiro atoms. The third kappa shape index (κ3) is 3.98. The van der Waals surface area contributed by atoms with Crippen molar-refractivity contribution in [3.8, 4) is 0 Å². The quantitative estimate of drug-likeness (QED) is 0.521. The van der Waals surface area contributed by atoms with Crippen molar-refractivity contribution in [2.24, 2.45) is 5.92 Å². The van der Waals surface area contributed by atoms with Crippen molar-refractivity contribution >= 4 is 5.57 Å². The lowest BCUT2D eigenvalue weighted by atomic mass is 9.79. The lowest BCUT2D eigenvalue weighted by molar-refractivity contribution is 0.379. The van der Waals surface area contributed by atoms with Gasteiger partial charge in [0, 0.05) is 0 Å². The van der Waals surface area contributed by atoms with E-state index in [4.69, 9.17) is 0 Å². The summed E-state index contributed by atoms with van der Waals surface area (Å²) in [7, 11) is 0. The number of hydrogen-bond acceptors (Lipinski definition) is 0. The van der Waals surface area contributed by atoms with Gasteiger partial charge >= 0.3 is 0 Å². The zero-order valence-electron chi connectivity index (χ0n) is 14.3. The average Bonchev–Trinajstić information content (AvgIpc) is 2.37. The molecule has 0 heteroatoms. The van der Waals surface area contributed by atoms with E-state index >= 15 is 0 Å². The molecule has 112 valence electrons. The topological polar surface area (TPSA) is 0 Å². The largest absolute Gasteiger partial charge is 0.0955 e. The van der Waals surface area contributed by atoms with Crippen molar-refractivity contribution in [2.45, 2.75) is 73.1 Å². The van der Waals surface area contributed by atoms with Gasteiger partial charge < -0.3 is 0 Å². The standard InChI is InChI=1S/C20H32/c1-8-10-18(11-9-2)17(7)20-13-19(14(3)4)15(5)12-16(20)6/h12-13,17-18H,3,8-11H2,1-2,4-7H3/t17-/m0/s1. The van der Waals surface area contributed by atoms with Crippen LogP contribution in [0.2, 0.25) is 0 Å². The SMILES string of the molecule is C=C(C)c1cc([C@@H](C)C(CCC)CCC)c(C)cc1C. The Labute approximate surface area is 126 Å². The monoisotopic (exact) mass is 272 g/mol. The van der Waals surface area contributed by atoms with E-state index < -0.39 is 0 Å². The highest BCUT2D eigenvalue weighted by molar-refractivity contribution is 5.66. The molecule has 0 aliphatic carbocycles. The Bertz CT molecular complexity index is 447. The molecule has 1 aromatic rings. The highest BCUT2D eigenvalue weighted by Crippen LogP contribution is 2.35. The van der Waals surface area contributed by atoms with Gasteiger partial charge in [-0.25, -0.2) is 0 Å². The zero-order valence-corrected chi connectivity index (χ0v) is 14.3. The van der Waals surface area contributed by atoms with E-state index in [2.05, 4.69) is 60.3 Å². The number of hydrogen-bond donors (Lipinski definition) is 0. The number of rotatable bonds is 7. The van der Waals surface area contributed by atoms with Gasteiger partial charge in [0.1, 0.15) is 0 Å². The first-order valence-corrected chi connectivity index (χ1v) is 8.19. The van der Waals surface area contributed by atoms with Crippen molar-refractivity contribution in [1.29, 1.82) is 0 Å². The molecule has 0 unspecified atom stereocenters. The molecule has 1 atom stereocenters. The van der Waals surface area contributed by atoms with Crippen molar-refractivity contribution in [3.05, 3.63) is 41.0 Å². The second-order valence-electron chi connectivity index (χ2n) is 6.43. The minimum Gasteiger partial charge on any atom is -0.0955 e. The van der Waals surface area contributed by atoms with E-state index in [1.807, 2.05) is 0 Å². The molecular weight excluding hydrogens is 240 g/mol. The summed E-state index contributed by atoms with van der Waals surface area (Å²) in [4.78, 5) is 0. The van der Waals surface area contributed by atoms with Gasteiger partial charge in [0.05, 0.1) is 0 Å². The predicted molar refractivity (Wildman–Crippen MR) is 92.3 cm³/mol. The van der Waals surface area contributed by atoms with E-state index in [0.29, 0.717) is 5.92 Å². The summed E-state index contributed by atoms with van der Waals surface area (Å²) < 4.78 is 0. The first kappa shape index (κ1) is 17.0. The molecule has 0 bridgehead atoms. The van der Waals surface area contributed by atoms with E-state index in [-0.39, 0.29) is 0 Å². The van der Waals surface area contributed by atoms with Gasteiger partial charge in [-0.15, -0.1) is 0 Å². The molecule has 0 heterocycles. The first-order chi connectivity index (χ1) is 9.42. The fourth-order valence-electron chi connectivity index (χ4n) is 3.46. The minimum atomic E-state index is 0.647. The molecular formula is C20H32. The third-order valence-electron chi connectivity index (χ3n) is 4.59. The molecule has 0 aliphatic rings. The maximum Gasteiger partial charge on any atom is -0.0159 e. The van der Waals surface area contributed by atoms with Gasteiger partial charge in [-0.3, -0.25) is 0 Å². The third-order valence-corrected chi connectivity index (χ3v) is 4.59. The van der Waals surface area contributed by atoms with Crippen LogP contribution in [0.15, 0.2) is 18.7 Å². The Morgan fingerprint density at radius 2 is 1.60 bits per heavy atom. The van der Waals surface area contributed by atoms with Gasteiger partial charge in [0.25, 0.3) is 0 Å². The van der Waals surface area contributed by atoms with Crippen molar-refractivity contribution in [1.82, 2.24) is 0 Å². The predicted octanol–water partition coefficient (Wildman–Crippen LogP) is 6.66. The summed E-state index contributed by atoms with van der Waals surface area (Å²) in [5, 5.41) is 0. The van der Waals surface area contributed by atoms with Crippen molar-refractivity contribution in [2.75, 3.05) is 0 Å². The summed E-state index contributed by atoms with van der Waals surface area (Å²) in [6, 6.07) is 4.74. The van der Waals surface area contributed by atoms with Crippen LogP contribution >= 0.6 is 0 Å². The van der Waals surface area contributed by atoms with Crippen LogP contribution in [0.1, 0.15) is 81.5 Å².